The number of rotatable bonds is 5. The van der Waals surface area contributed by atoms with E-state index >= 15 is 0 Å². The van der Waals surface area contributed by atoms with E-state index in [0.717, 1.165) is 5.54 Å². The van der Waals surface area contributed by atoms with Crippen LogP contribution in [0.4, 0.5) is 0 Å². The average Bonchev–Trinajstić information content (AvgIpc) is 3.48. The molecule has 1 saturated carbocycles. The van der Waals surface area contributed by atoms with Crippen molar-refractivity contribution in [1.82, 2.24) is 0 Å². The summed E-state index contributed by atoms with van der Waals surface area (Å²) in [4.78, 5) is 0. The molecule has 3 aromatic carbocycles. The highest BCUT2D eigenvalue weighted by atomic mass is 28.3. The summed E-state index contributed by atoms with van der Waals surface area (Å²) in [5, 5.41) is 1.59. The minimum atomic E-state index is -1.42. The van der Waals surface area contributed by atoms with E-state index in [2.05, 4.69) is 110 Å². The standard InChI is InChI=1S/C25H26Si/c1-26(2,23-16-10-5-11-17-23)25-19-22(25)18-24(20-12-6-3-7-13-20)21-14-8-4-9-15-21/h3-18,22,25H,19H2,1-2H3/t22-,25-/m0/s1. The van der Waals surface area contributed by atoms with Gasteiger partial charge in [-0.25, -0.2) is 0 Å². The van der Waals surface area contributed by atoms with Crippen molar-refractivity contribution >= 4 is 18.8 Å². The van der Waals surface area contributed by atoms with Gasteiger partial charge in [0, 0.05) is 0 Å². The Kier molecular flexibility index (Phi) is 4.65. The minimum Gasteiger partial charge on any atom is -0.0729 e. The largest absolute Gasteiger partial charge is 0.0842 e. The van der Waals surface area contributed by atoms with E-state index in [1.807, 2.05) is 0 Å². The van der Waals surface area contributed by atoms with Crippen LogP contribution in [0.5, 0.6) is 0 Å². The molecule has 4 rings (SSSR count). The van der Waals surface area contributed by atoms with Crippen molar-refractivity contribution in [1.29, 1.82) is 0 Å². The van der Waals surface area contributed by atoms with Crippen LogP contribution in [0.3, 0.4) is 0 Å². The number of hydrogen-bond acceptors (Lipinski definition) is 0. The molecule has 3 aromatic rings. The lowest BCUT2D eigenvalue weighted by atomic mass is 9.97. The molecule has 0 N–H and O–H groups in total. The van der Waals surface area contributed by atoms with Crippen LogP contribution in [-0.4, -0.2) is 8.07 Å². The summed E-state index contributed by atoms with van der Waals surface area (Å²) in [6.07, 6.45) is 3.88. The zero-order valence-electron chi connectivity index (χ0n) is 15.6. The van der Waals surface area contributed by atoms with Gasteiger partial charge in [-0.3, -0.25) is 0 Å². The van der Waals surface area contributed by atoms with Crippen LogP contribution < -0.4 is 5.19 Å². The van der Waals surface area contributed by atoms with Crippen molar-refractivity contribution < 1.29 is 0 Å². The third-order valence-electron chi connectivity index (χ3n) is 5.83. The third kappa shape index (κ3) is 3.45. The van der Waals surface area contributed by atoms with Crippen molar-refractivity contribution in [2.24, 2.45) is 5.92 Å². The number of allylic oxidation sites excluding steroid dienone is 1. The first-order valence-electron chi connectivity index (χ1n) is 9.54. The molecule has 1 aliphatic rings. The highest BCUT2D eigenvalue weighted by Crippen LogP contribution is 2.53. The van der Waals surface area contributed by atoms with E-state index in [9.17, 15) is 0 Å². The summed E-state index contributed by atoms with van der Waals surface area (Å²) in [6, 6.07) is 32.8. The van der Waals surface area contributed by atoms with E-state index < -0.39 is 8.07 Å². The molecule has 1 aliphatic carbocycles. The third-order valence-corrected chi connectivity index (χ3v) is 10.2. The Balaban J connectivity index is 1.65. The van der Waals surface area contributed by atoms with Gasteiger partial charge in [-0.2, -0.15) is 0 Å². The molecule has 0 aromatic heterocycles. The predicted molar refractivity (Wildman–Crippen MR) is 115 cm³/mol. The van der Waals surface area contributed by atoms with Crippen LogP contribution in [0.25, 0.3) is 5.57 Å². The molecule has 0 spiro atoms. The summed E-state index contributed by atoms with van der Waals surface area (Å²) in [5.74, 6) is 0.701. The van der Waals surface area contributed by atoms with Gasteiger partial charge in [0.1, 0.15) is 0 Å². The second kappa shape index (κ2) is 7.09. The Morgan fingerprint density at radius 2 is 1.19 bits per heavy atom. The van der Waals surface area contributed by atoms with Crippen molar-refractivity contribution in [3.63, 3.8) is 0 Å². The maximum Gasteiger partial charge on any atom is 0.0842 e. The Hall–Kier alpha value is -2.38. The lowest BCUT2D eigenvalue weighted by Gasteiger charge is -2.23. The van der Waals surface area contributed by atoms with Crippen molar-refractivity contribution in [3.8, 4) is 0 Å². The molecule has 1 heteroatoms. The molecule has 0 unspecified atom stereocenters. The molecule has 0 nitrogen and oxygen atoms in total. The van der Waals surface area contributed by atoms with Gasteiger partial charge in [0.05, 0.1) is 8.07 Å². The second-order valence-electron chi connectivity index (χ2n) is 7.91. The quantitative estimate of drug-likeness (QED) is 0.484. The van der Waals surface area contributed by atoms with Gasteiger partial charge in [-0.1, -0.05) is 115 Å². The van der Waals surface area contributed by atoms with Gasteiger partial charge in [-0.15, -0.1) is 0 Å². The van der Waals surface area contributed by atoms with Crippen LogP contribution in [0.1, 0.15) is 17.5 Å². The van der Waals surface area contributed by atoms with E-state index in [-0.39, 0.29) is 0 Å². The molecule has 1 fully saturated rings. The summed E-state index contributed by atoms with van der Waals surface area (Å²) < 4.78 is 0. The molecular weight excluding hydrogens is 328 g/mol. The van der Waals surface area contributed by atoms with Crippen LogP contribution >= 0.6 is 0 Å². The van der Waals surface area contributed by atoms with E-state index in [1.165, 1.54) is 23.1 Å². The Morgan fingerprint density at radius 3 is 1.69 bits per heavy atom. The fourth-order valence-corrected chi connectivity index (χ4v) is 7.63. The van der Waals surface area contributed by atoms with Crippen LogP contribution in [0.15, 0.2) is 97.1 Å². The Morgan fingerprint density at radius 1 is 0.731 bits per heavy atom. The Labute approximate surface area is 158 Å². The van der Waals surface area contributed by atoms with Gasteiger partial charge < -0.3 is 0 Å². The fourth-order valence-electron chi connectivity index (χ4n) is 4.12. The maximum atomic E-state index is 2.55. The molecule has 0 bridgehead atoms. The molecule has 26 heavy (non-hydrogen) atoms. The summed E-state index contributed by atoms with van der Waals surface area (Å²) >= 11 is 0. The fraction of sp³-hybridized carbons (Fsp3) is 0.200. The van der Waals surface area contributed by atoms with Gasteiger partial charge >= 0.3 is 0 Å². The monoisotopic (exact) mass is 354 g/mol. The molecule has 0 radical (unpaired) electrons. The summed E-state index contributed by atoms with van der Waals surface area (Å²) in [6.45, 7) is 5.07. The molecular formula is C25H26Si. The number of hydrogen-bond donors (Lipinski definition) is 0. The smallest absolute Gasteiger partial charge is 0.0729 e. The number of benzene rings is 3. The molecule has 0 aliphatic heterocycles. The minimum absolute atomic E-state index is 0.701. The van der Waals surface area contributed by atoms with Gasteiger partial charge in [-0.05, 0) is 34.6 Å². The zero-order valence-corrected chi connectivity index (χ0v) is 16.6. The highest BCUT2D eigenvalue weighted by molar-refractivity contribution is 6.91. The zero-order chi connectivity index (χ0) is 18.0. The normalized spacial score (nSPS) is 19.0. The van der Waals surface area contributed by atoms with Gasteiger partial charge in [0.2, 0.25) is 0 Å². The first-order valence-corrected chi connectivity index (χ1v) is 12.6. The van der Waals surface area contributed by atoms with E-state index in [1.54, 1.807) is 5.19 Å². The summed E-state index contributed by atoms with van der Waals surface area (Å²) in [7, 11) is -1.42. The molecule has 0 amide bonds. The predicted octanol–water partition coefficient (Wildman–Crippen LogP) is 6.12. The lowest BCUT2D eigenvalue weighted by molar-refractivity contribution is 1.10. The van der Waals surface area contributed by atoms with Crippen molar-refractivity contribution in [3.05, 3.63) is 108 Å². The molecule has 130 valence electrons. The van der Waals surface area contributed by atoms with Crippen LogP contribution in [0, 0.1) is 5.92 Å². The topological polar surface area (TPSA) is 0 Å². The molecule has 2 atom stereocenters. The lowest BCUT2D eigenvalue weighted by Crippen LogP contribution is -2.42. The Bertz CT molecular complexity index is 838. The average molecular weight is 355 g/mol. The van der Waals surface area contributed by atoms with Gasteiger partial charge in [0.15, 0.2) is 0 Å². The highest BCUT2D eigenvalue weighted by Gasteiger charge is 2.48. The van der Waals surface area contributed by atoms with E-state index in [4.69, 9.17) is 0 Å². The molecule has 0 heterocycles. The van der Waals surface area contributed by atoms with Crippen LogP contribution in [0.2, 0.25) is 18.6 Å². The summed E-state index contributed by atoms with van der Waals surface area (Å²) in [5.41, 5.74) is 4.87. The maximum absolute atomic E-state index is 2.55. The van der Waals surface area contributed by atoms with Crippen molar-refractivity contribution in [2.45, 2.75) is 25.1 Å². The van der Waals surface area contributed by atoms with Crippen molar-refractivity contribution in [2.75, 3.05) is 0 Å². The first kappa shape index (κ1) is 17.1. The SMILES string of the molecule is C[Si](C)(c1ccccc1)[C@H]1C[C@@H]1C=C(c1ccccc1)c1ccccc1. The molecule has 0 saturated heterocycles. The first-order chi connectivity index (χ1) is 12.7. The van der Waals surface area contributed by atoms with Crippen LogP contribution in [-0.2, 0) is 0 Å². The van der Waals surface area contributed by atoms with E-state index in [0.29, 0.717) is 5.92 Å². The second-order valence-corrected chi connectivity index (χ2v) is 12.7. The van der Waals surface area contributed by atoms with Gasteiger partial charge in [0.25, 0.3) is 0 Å².